The monoisotopic (exact) mass is 311 g/mol. The van der Waals surface area contributed by atoms with Crippen LogP contribution in [0.15, 0.2) is 16.7 Å². The molecule has 0 spiro atoms. The zero-order valence-corrected chi connectivity index (χ0v) is 12.1. The number of nitrogens with two attached hydrogens (primary N) is 1. The number of halogens is 2. The van der Waals surface area contributed by atoms with E-state index in [0.717, 1.165) is 12.1 Å². The first-order chi connectivity index (χ1) is 10.1. The molecule has 0 saturated heterocycles. The Morgan fingerprint density at radius 2 is 1.95 bits per heavy atom. The molecule has 4 nitrogen and oxygen atoms in total. The Morgan fingerprint density at radius 3 is 2.71 bits per heavy atom. The van der Waals surface area contributed by atoms with Gasteiger partial charge in [0.05, 0.1) is 11.3 Å². The predicted octanol–water partition coefficient (Wildman–Crippen LogP) is 3.77. The van der Waals surface area contributed by atoms with Crippen LogP contribution in [-0.4, -0.2) is 15.4 Å². The average molecular weight is 311 g/mol. The van der Waals surface area contributed by atoms with Gasteiger partial charge < -0.3 is 10.3 Å². The molecule has 0 aliphatic heterocycles. The lowest BCUT2D eigenvalue weighted by Crippen LogP contribution is -1.96. The van der Waals surface area contributed by atoms with E-state index in [2.05, 4.69) is 10.1 Å². The second kappa shape index (κ2) is 6.01. The summed E-state index contributed by atoms with van der Waals surface area (Å²) in [4.78, 5) is 4.21. The van der Waals surface area contributed by atoms with E-state index in [-0.39, 0.29) is 17.1 Å². The molecule has 3 rings (SSSR count). The van der Waals surface area contributed by atoms with Crippen LogP contribution in [0.4, 0.5) is 14.5 Å². The van der Waals surface area contributed by atoms with Crippen molar-refractivity contribution in [1.82, 2.24) is 10.1 Å². The third-order valence-electron chi connectivity index (χ3n) is 3.54. The fraction of sp³-hybridized carbons (Fsp3) is 0.429. The van der Waals surface area contributed by atoms with Gasteiger partial charge in [0.1, 0.15) is 0 Å². The molecule has 0 radical (unpaired) electrons. The SMILES string of the molecule is Nc1cc(F)c(F)cc1-c1nc(CSC2CCCC2)no1. The maximum Gasteiger partial charge on any atom is 0.260 e. The number of nitrogens with zero attached hydrogens (tertiary/aromatic N) is 2. The van der Waals surface area contributed by atoms with Crippen LogP contribution in [0.2, 0.25) is 0 Å². The van der Waals surface area contributed by atoms with Crippen LogP contribution in [-0.2, 0) is 5.75 Å². The van der Waals surface area contributed by atoms with Crippen LogP contribution in [0, 0.1) is 11.6 Å². The molecule has 0 atom stereocenters. The van der Waals surface area contributed by atoms with Gasteiger partial charge in [-0.3, -0.25) is 0 Å². The zero-order valence-electron chi connectivity index (χ0n) is 11.3. The Hall–Kier alpha value is -1.63. The summed E-state index contributed by atoms with van der Waals surface area (Å²) < 4.78 is 31.4. The number of rotatable bonds is 4. The summed E-state index contributed by atoms with van der Waals surface area (Å²) in [5.74, 6) is -0.663. The Kier molecular flexibility index (Phi) is 4.10. The maximum atomic E-state index is 13.3. The fourth-order valence-corrected chi connectivity index (χ4v) is 3.59. The van der Waals surface area contributed by atoms with Crippen molar-refractivity contribution in [3.8, 4) is 11.5 Å². The van der Waals surface area contributed by atoms with E-state index in [9.17, 15) is 8.78 Å². The first-order valence-corrected chi connectivity index (χ1v) is 7.87. The minimum absolute atomic E-state index is 0.0764. The van der Waals surface area contributed by atoms with E-state index >= 15 is 0 Å². The van der Waals surface area contributed by atoms with Crippen molar-refractivity contribution >= 4 is 17.4 Å². The second-order valence-electron chi connectivity index (χ2n) is 5.09. The Balaban J connectivity index is 1.73. The topological polar surface area (TPSA) is 64.9 Å². The number of hydrogen-bond donors (Lipinski definition) is 1. The second-order valence-corrected chi connectivity index (χ2v) is 6.38. The first-order valence-electron chi connectivity index (χ1n) is 6.82. The van der Waals surface area contributed by atoms with E-state index in [0.29, 0.717) is 16.8 Å². The van der Waals surface area contributed by atoms with E-state index in [1.807, 2.05) is 0 Å². The van der Waals surface area contributed by atoms with Crippen molar-refractivity contribution in [3.63, 3.8) is 0 Å². The fourth-order valence-electron chi connectivity index (χ4n) is 2.42. The number of aromatic nitrogens is 2. The lowest BCUT2D eigenvalue weighted by atomic mass is 10.1. The highest BCUT2D eigenvalue weighted by molar-refractivity contribution is 7.99. The molecule has 1 aliphatic carbocycles. The quantitative estimate of drug-likeness (QED) is 0.871. The molecule has 112 valence electrons. The van der Waals surface area contributed by atoms with Gasteiger partial charge in [-0.1, -0.05) is 18.0 Å². The molecule has 1 aromatic carbocycles. The molecule has 7 heteroatoms. The molecule has 0 amide bonds. The van der Waals surface area contributed by atoms with Gasteiger partial charge in [-0.25, -0.2) is 8.78 Å². The highest BCUT2D eigenvalue weighted by Gasteiger charge is 2.18. The molecule has 0 bridgehead atoms. The van der Waals surface area contributed by atoms with Crippen molar-refractivity contribution < 1.29 is 13.3 Å². The first kappa shape index (κ1) is 14.3. The van der Waals surface area contributed by atoms with Gasteiger partial charge in [0.15, 0.2) is 17.5 Å². The highest BCUT2D eigenvalue weighted by Crippen LogP contribution is 2.32. The highest BCUT2D eigenvalue weighted by atomic mass is 32.2. The summed E-state index contributed by atoms with van der Waals surface area (Å²) in [6.07, 6.45) is 5.01. The molecular formula is C14H15F2N3OS. The number of thioether (sulfide) groups is 1. The van der Waals surface area contributed by atoms with Crippen LogP contribution in [0.25, 0.3) is 11.5 Å². The maximum absolute atomic E-state index is 13.3. The molecule has 1 saturated carbocycles. The molecule has 1 fully saturated rings. The number of benzene rings is 1. The van der Waals surface area contributed by atoms with Gasteiger partial charge in [-0.2, -0.15) is 16.7 Å². The molecule has 21 heavy (non-hydrogen) atoms. The van der Waals surface area contributed by atoms with Crippen molar-refractivity contribution in [3.05, 3.63) is 29.6 Å². The summed E-state index contributed by atoms with van der Waals surface area (Å²) in [5.41, 5.74) is 5.96. The van der Waals surface area contributed by atoms with E-state index < -0.39 is 11.6 Å². The molecule has 0 unspecified atom stereocenters. The minimum Gasteiger partial charge on any atom is -0.398 e. The van der Waals surface area contributed by atoms with Gasteiger partial charge in [0.25, 0.3) is 5.89 Å². The predicted molar refractivity (Wildman–Crippen MR) is 77.6 cm³/mol. The minimum atomic E-state index is -0.993. The zero-order chi connectivity index (χ0) is 14.8. The van der Waals surface area contributed by atoms with Gasteiger partial charge in [0, 0.05) is 17.0 Å². The van der Waals surface area contributed by atoms with Crippen molar-refractivity contribution in [1.29, 1.82) is 0 Å². The summed E-state index contributed by atoms with van der Waals surface area (Å²) in [7, 11) is 0. The Morgan fingerprint density at radius 1 is 1.24 bits per heavy atom. The Bertz CT molecular complexity index is 641. The number of hydrogen-bond acceptors (Lipinski definition) is 5. The summed E-state index contributed by atoms with van der Waals surface area (Å²) in [6.45, 7) is 0. The van der Waals surface area contributed by atoms with Crippen LogP contribution in [0.5, 0.6) is 0 Å². The van der Waals surface area contributed by atoms with Gasteiger partial charge in [-0.05, 0) is 18.9 Å². The van der Waals surface area contributed by atoms with E-state index in [1.54, 1.807) is 11.8 Å². The lowest BCUT2D eigenvalue weighted by Gasteiger charge is -2.05. The smallest absolute Gasteiger partial charge is 0.260 e. The standard InChI is InChI=1S/C14H15F2N3OS/c15-10-5-9(12(17)6-11(10)16)14-18-13(19-20-14)7-21-8-3-1-2-4-8/h5-6,8H,1-4,7,17H2. The van der Waals surface area contributed by atoms with Crippen LogP contribution in [0.3, 0.4) is 0 Å². The van der Waals surface area contributed by atoms with Gasteiger partial charge in [-0.15, -0.1) is 0 Å². The molecule has 1 aliphatic rings. The average Bonchev–Trinajstić information content (AvgIpc) is 3.11. The largest absolute Gasteiger partial charge is 0.398 e. The van der Waals surface area contributed by atoms with Gasteiger partial charge in [0.2, 0.25) is 0 Å². The Labute approximate surface area is 125 Å². The van der Waals surface area contributed by atoms with Crippen molar-refractivity contribution in [2.45, 2.75) is 36.7 Å². The van der Waals surface area contributed by atoms with E-state index in [1.165, 1.54) is 25.7 Å². The molecule has 1 heterocycles. The number of nitrogen functional groups attached to an aromatic ring is 1. The van der Waals surface area contributed by atoms with E-state index in [4.69, 9.17) is 10.3 Å². The number of anilines is 1. The van der Waals surface area contributed by atoms with Crippen LogP contribution in [0.1, 0.15) is 31.5 Å². The van der Waals surface area contributed by atoms with Gasteiger partial charge >= 0.3 is 0 Å². The molecule has 2 N–H and O–H groups in total. The summed E-state index contributed by atoms with van der Waals surface area (Å²) >= 11 is 1.81. The van der Waals surface area contributed by atoms with Crippen molar-refractivity contribution in [2.75, 3.05) is 5.73 Å². The summed E-state index contributed by atoms with van der Waals surface area (Å²) in [6, 6.07) is 1.90. The lowest BCUT2D eigenvalue weighted by molar-refractivity contribution is 0.424. The normalized spacial score (nSPS) is 15.7. The third kappa shape index (κ3) is 3.18. The molecular weight excluding hydrogens is 296 g/mol. The van der Waals surface area contributed by atoms with Crippen molar-refractivity contribution in [2.24, 2.45) is 0 Å². The molecule has 1 aromatic heterocycles. The third-order valence-corrected chi connectivity index (χ3v) is 4.91. The van der Waals surface area contributed by atoms with Crippen LogP contribution >= 0.6 is 11.8 Å². The summed E-state index contributed by atoms with van der Waals surface area (Å²) in [5, 5.41) is 4.52. The molecule has 2 aromatic rings. The van der Waals surface area contributed by atoms with Crippen LogP contribution < -0.4 is 5.73 Å².